The van der Waals surface area contributed by atoms with Gasteiger partial charge in [-0.15, -0.1) is 0 Å². The molecular formula is C19H25N5O5. The molecule has 0 saturated heterocycles. The number of nitrogens with one attached hydrogen (secondary N) is 1. The Morgan fingerprint density at radius 1 is 1.28 bits per heavy atom. The van der Waals surface area contributed by atoms with E-state index in [-0.39, 0.29) is 29.3 Å². The van der Waals surface area contributed by atoms with Gasteiger partial charge in [0.2, 0.25) is 0 Å². The van der Waals surface area contributed by atoms with E-state index in [9.17, 15) is 24.5 Å². The number of nitrogens with two attached hydrogens (primary N) is 1. The summed E-state index contributed by atoms with van der Waals surface area (Å²) >= 11 is 0. The van der Waals surface area contributed by atoms with Gasteiger partial charge in [0.15, 0.2) is 5.69 Å². The minimum atomic E-state index is -0.747. The van der Waals surface area contributed by atoms with Crippen molar-refractivity contribution in [3.63, 3.8) is 0 Å². The normalized spacial score (nSPS) is 10.7. The second-order valence-electron chi connectivity index (χ2n) is 6.71. The molecule has 0 aliphatic carbocycles. The molecule has 0 atom stereocenters. The summed E-state index contributed by atoms with van der Waals surface area (Å²) in [7, 11) is 0. The Morgan fingerprint density at radius 3 is 2.52 bits per heavy atom. The number of nitrogen functional groups attached to an aromatic ring is 1. The first-order chi connectivity index (χ1) is 13.7. The number of rotatable bonds is 8. The first-order valence-electron chi connectivity index (χ1n) is 9.42. The maximum Gasteiger partial charge on any atom is 0.330 e. The largest absolute Gasteiger partial charge is 0.383 e. The van der Waals surface area contributed by atoms with Crippen molar-refractivity contribution in [2.24, 2.45) is 0 Å². The van der Waals surface area contributed by atoms with Crippen molar-refractivity contribution in [3.05, 3.63) is 60.3 Å². The third kappa shape index (κ3) is 4.53. The van der Waals surface area contributed by atoms with Gasteiger partial charge in [0, 0.05) is 30.3 Å². The molecule has 156 valence electrons. The molecule has 2 rings (SSSR count). The Labute approximate surface area is 167 Å². The highest BCUT2D eigenvalue weighted by Crippen LogP contribution is 2.23. The molecule has 1 amide bonds. The molecule has 2 aromatic rings. The van der Waals surface area contributed by atoms with Gasteiger partial charge >= 0.3 is 5.69 Å². The van der Waals surface area contributed by atoms with E-state index in [2.05, 4.69) is 4.98 Å². The fourth-order valence-electron chi connectivity index (χ4n) is 3.06. The predicted molar refractivity (Wildman–Crippen MR) is 110 cm³/mol. The standard InChI is InChI=1S/C19H25N5O5/c1-4-6-10-22(15-16(20)23(9-5-2)19(27)21-17(15)25)18(26)13-7-8-14(24(28)29)12(3)11-13/h7-8,11H,4-6,9-10,20H2,1-3H3,(H,21,25,27). The summed E-state index contributed by atoms with van der Waals surface area (Å²) in [4.78, 5) is 51.8. The number of unbranched alkanes of at least 4 members (excludes halogenated alkanes) is 1. The van der Waals surface area contributed by atoms with Crippen LogP contribution in [0.15, 0.2) is 27.8 Å². The number of nitro benzene ring substituents is 1. The third-order valence-electron chi connectivity index (χ3n) is 4.55. The number of aromatic nitrogens is 2. The summed E-state index contributed by atoms with van der Waals surface area (Å²) in [5.41, 5.74) is 5.06. The number of amides is 1. The zero-order valence-corrected chi connectivity index (χ0v) is 16.7. The molecule has 10 heteroatoms. The van der Waals surface area contributed by atoms with Crippen LogP contribution in [-0.2, 0) is 6.54 Å². The Kier molecular flexibility index (Phi) is 6.92. The Hall–Kier alpha value is -3.43. The smallest absolute Gasteiger partial charge is 0.330 e. The number of carbonyl (C=O) groups excluding carboxylic acids is 1. The number of nitro groups is 1. The topological polar surface area (TPSA) is 144 Å². The second-order valence-corrected chi connectivity index (χ2v) is 6.71. The summed E-state index contributed by atoms with van der Waals surface area (Å²) in [6, 6.07) is 4.01. The highest BCUT2D eigenvalue weighted by molar-refractivity contribution is 6.07. The van der Waals surface area contributed by atoms with Crippen LogP contribution in [0, 0.1) is 17.0 Å². The monoisotopic (exact) mass is 403 g/mol. The van der Waals surface area contributed by atoms with Crippen molar-refractivity contribution in [3.8, 4) is 0 Å². The van der Waals surface area contributed by atoms with Crippen molar-refractivity contribution in [1.82, 2.24) is 9.55 Å². The van der Waals surface area contributed by atoms with Crippen molar-refractivity contribution >= 4 is 23.1 Å². The molecule has 0 unspecified atom stereocenters. The number of hydrogen-bond donors (Lipinski definition) is 2. The number of aromatic amines is 1. The summed E-state index contributed by atoms with van der Waals surface area (Å²) in [6.45, 7) is 5.83. The first kappa shape index (κ1) is 21.9. The molecule has 0 spiro atoms. The highest BCUT2D eigenvalue weighted by atomic mass is 16.6. The van der Waals surface area contributed by atoms with Crippen LogP contribution in [0.2, 0.25) is 0 Å². The Bertz CT molecular complexity index is 1040. The lowest BCUT2D eigenvalue weighted by atomic mass is 10.1. The first-order valence-corrected chi connectivity index (χ1v) is 9.42. The summed E-state index contributed by atoms with van der Waals surface area (Å²) in [6.07, 6.45) is 1.97. The lowest BCUT2D eigenvalue weighted by molar-refractivity contribution is -0.385. The third-order valence-corrected chi connectivity index (χ3v) is 4.55. The van der Waals surface area contributed by atoms with Gasteiger partial charge in [-0.3, -0.25) is 29.3 Å². The quantitative estimate of drug-likeness (QED) is 0.510. The minimum absolute atomic E-state index is 0.0799. The Balaban J connectivity index is 2.61. The molecule has 0 bridgehead atoms. The number of H-pyrrole nitrogens is 1. The molecule has 1 heterocycles. The molecular weight excluding hydrogens is 378 g/mol. The maximum absolute atomic E-state index is 13.2. The molecule has 0 aliphatic rings. The molecule has 1 aromatic heterocycles. The summed E-state index contributed by atoms with van der Waals surface area (Å²) in [5.74, 6) is -0.598. The molecule has 0 aliphatic heterocycles. The van der Waals surface area contributed by atoms with Crippen LogP contribution in [0.5, 0.6) is 0 Å². The molecule has 3 N–H and O–H groups in total. The van der Waals surface area contributed by atoms with Gasteiger partial charge in [-0.2, -0.15) is 0 Å². The summed E-state index contributed by atoms with van der Waals surface area (Å²) < 4.78 is 1.23. The van der Waals surface area contributed by atoms with Gasteiger partial charge in [-0.1, -0.05) is 20.3 Å². The predicted octanol–water partition coefficient (Wildman–Crippen LogP) is 2.19. The number of aryl methyl sites for hydroxylation is 1. The van der Waals surface area contributed by atoms with Gasteiger partial charge in [0.05, 0.1) is 4.92 Å². The van der Waals surface area contributed by atoms with Crippen LogP contribution in [0.4, 0.5) is 17.2 Å². The van der Waals surface area contributed by atoms with E-state index >= 15 is 0 Å². The van der Waals surface area contributed by atoms with E-state index in [1.54, 1.807) is 0 Å². The van der Waals surface area contributed by atoms with Crippen LogP contribution in [0.3, 0.4) is 0 Å². The maximum atomic E-state index is 13.2. The highest BCUT2D eigenvalue weighted by Gasteiger charge is 2.26. The van der Waals surface area contributed by atoms with E-state index in [1.165, 1.54) is 34.6 Å². The lowest BCUT2D eigenvalue weighted by Gasteiger charge is -2.24. The summed E-state index contributed by atoms with van der Waals surface area (Å²) in [5, 5.41) is 11.0. The van der Waals surface area contributed by atoms with Gasteiger partial charge < -0.3 is 10.6 Å². The van der Waals surface area contributed by atoms with Crippen molar-refractivity contribution in [2.75, 3.05) is 17.2 Å². The van der Waals surface area contributed by atoms with Crippen molar-refractivity contribution in [1.29, 1.82) is 0 Å². The van der Waals surface area contributed by atoms with E-state index < -0.39 is 22.1 Å². The SMILES string of the molecule is CCCCN(C(=O)c1ccc([N+](=O)[O-])c(C)c1)c1c(N)n(CCC)c(=O)[nH]c1=O. The number of benzene rings is 1. The van der Waals surface area contributed by atoms with Gasteiger partial charge in [-0.25, -0.2) is 4.79 Å². The zero-order valence-electron chi connectivity index (χ0n) is 16.7. The number of anilines is 2. The van der Waals surface area contributed by atoms with E-state index in [0.717, 1.165) is 6.42 Å². The van der Waals surface area contributed by atoms with Crippen molar-refractivity contribution < 1.29 is 9.72 Å². The van der Waals surface area contributed by atoms with E-state index in [0.29, 0.717) is 24.9 Å². The lowest BCUT2D eigenvalue weighted by Crippen LogP contribution is -2.41. The number of nitrogens with zero attached hydrogens (tertiary/aromatic N) is 3. The molecule has 0 radical (unpaired) electrons. The molecule has 0 fully saturated rings. The molecule has 10 nitrogen and oxygen atoms in total. The van der Waals surface area contributed by atoms with Gasteiger partial charge in [0.1, 0.15) is 5.82 Å². The average Bonchev–Trinajstić information content (AvgIpc) is 2.66. The minimum Gasteiger partial charge on any atom is -0.383 e. The fraction of sp³-hybridized carbons (Fsp3) is 0.421. The molecule has 0 saturated carbocycles. The molecule has 1 aromatic carbocycles. The van der Waals surface area contributed by atoms with Crippen LogP contribution < -0.4 is 21.9 Å². The molecule has 29 heavy (non-hydrogen) atoms. The number of hydrogen-bond acceptors (Lipinski definition) is 6. The van der Waals surface area contributed by atoms with Gasteiger partial charge in [0.25, 0.3) is 17.2 Å². The second kappa shape index (κ2) is 9.18. The van der Waals surface area contributed by atoms with Crippen LogP contribution in [-0.4, -0.2) is 26.9 Å². The van der Waals surface area contributed by atoms with E-state index in [1.807, 2.05) is 13.8 Å². The van der Waals surface area contributed by atoms with Gasteiger partial charge in [-0.05, 0) is 31.9 Å². The van der Waals surface area contributed by atoms with Crippen molar-refractivity contribution in [2.45, 2.75) is 46.6 Å². The van der Waals surface area contributed by atoms with Crippen LogP contribution in [0.25, 0.3) is 0 Å². The van der Waals surface area contributed by atoms with Crippen LogP contribution in [0.1, 0.15) is 49.0 Å². The zero-order chi connectivity index (χ0) is 21.7. The van der Waals surface area contributed by atoms with Crippen LogP contribution >= 0.6 is 0 Å². The van der Waals surface area contributed by atoms with E-state index in [4.69, 9.17) is 5.73 Å². The average molecular weight is 403 g/mol. The Morgan fingerprint density at radius 2 is 1.97 bits per heavy atom. The fourth-order valence-corrected chi connectivity index (χ4v) is 3.06. The number of carbonyl (C=O) groups is 1.